The number of aliphatic hydroxyl groups excluding tert-OH is 1. The van der Waals surface area contributed by atoms with E-state index in [-0.39, 0.29) is 21.0 Å². The van der Waals surface area contributed by atoms with Crippen LogP contribution in [0.1, 0.15) is 27.7 Å². The lowest BCUT2D eigenvalue weighted by molar-refractivity contribution is -0.597. The molecule has 4 heteroatoms. The Bertz CT molecular complexity index is 70.2. The summed E-state index contributed by atoms with van der Waals surface area (Å²) in [4.78, 5) is 14.4. The van der Waals surface area contributed by atoms with Gasteiger partial charge >= 0.3 is 0 Å². The minimum Gasteiger partial charge on any atom is -0.394 e. The molecule has 0 aromatic rings. The maximum Gasteiger partial charge on any atom is 0.286 e. The third-order valence-corrected chi connectivity index (χ3v) is 0. The summed E-state index contributed by atoms with van der Waals surface area (Å²) >= 11 is 2.74. The summed E-state index contributed by atoms with van der Waals surface area (Å²) in [5.41, 5.74) is 0. The second-order valence-corrected chi connectivity index (χ2v) is 4.58. The Balaban J connectivity index is -0.0000000178. The van der Waals surface area contributed by atoms with Crippen LogP contribution in [-0.2, 0) is 0 Å². The zero-order valence-electron chi connectivity index (χ0n) is 11.7. The fourth-order valence-corrected chi connectivity index (χ4v) is 0. The molecule has 0 aromatic carbocycles. The van der Waals surface area contributed by atoms with Crippen LogP contribution in [0.15, 0.2) is 0 Å². The predicted octanol–water partition coefficient (Wildman–Crippen LogP) is 0.245. The third-order valence-electron chi connectivity index (χ3n) is 0. The highest BCUT2D eigenvalue weighted by atomic mass is 127. The average molecular weight is 448 g/mol. The minimum atomic E-state index is -0.167. The Hall–Kier alpha value is 1.09. The molecular formula is C11H30I2O2. The van der Waals surface area contributed by atoms with Crippen LogP contribution in [-0.4, -0.2) is 36.6 Å². The Morgan fingerprint density at radius 2 is 1.13 bits per heavy atom. The first-order valence-corrected chi connectivity index (χ1v) is 10.2. The van der Waals surface area contributed by atoms with E-state index in [0.717, 1.165) is 0 Å². The van der Waals surface area contributed by atoms with Crippen LogP contribution in [0, 0.1) is 14.9 Å². The first kappa shape index (κ1) is 36.0. The number of aliphatic hydroxyl groups is 1. The molecule has 0 unspecified atom stereocenters. The number of halogens is 2. The lowest BCUT2D eigenvalue weighted by Gasteiger charge is -1.80. The lowest BCUT2D eigenvalue weighted by atomic mass is 10.5. The maximum atomic E-state index is 8.06. The number of alkyl halides is 3. The maximum absolute atomic E-state index is 8.06. The monoisotopic (exact) mass is 448 g/mol. The highest BCUT2D eigenvalue weighted by molar-refractivity contribution is 14.1. The van der Waals surface area contributed by atoms with Gasteiger partial charge in [-0.05, 0) is 18.8 Å². The van der Waals surface area contributed by atoms with Gasteiger partial charge in [-0.1, -0.05) is 22.6 Å². The molecule has 15 heavy (non-hydrogen) atoms. The second kappa shape index (κ2) is 45.8. The molecule has 0 saturated carbocycles. The van der Waals surface area contributed by atoms with Crippen molar-refractivity contribution in [1.29, 1.82) is 0 Å². The molecule has 0 saturated heterocycles. The topological polar surface area (TPSA) is 41.6 Å². The van der Waals surface area contributed by atoms with Crippen molar-refractivity contribution in [3.05, 3.63) is 14.9 Å². The van der Waals surface area contributed by atoms with Crippen LogP contribution < -0.4 is 21.2 Å². The van der Waals surface area contributed by atoms with E-state index in [1.807, 2.05) is 4.93 Å². The number of ketones is 1. The van der Waals surface area contributed by atoms with E-state index in [2.05, 4.69) is 32.5 Å². The Kier molecular flexibility index (Phi) is 110. The van der Waals surface area contributed by atoms with Crippen molar-refractivity contribution in [1.82, 2.24) is 0 Å². The quantitative estimate of drug-likeness (QED) is 0.246. The summed E-state index contributed by atoms with van der Waals surface area (Å²) < 4.78 is 0. The third kappa shape index (κ3) is 2180. The largest absolute Gasteiger partial charge is 0.394 e. The molecule has 0 bridgehead atoms. The highest BCUT2D eigenvalue weighted by Gasteiger charge is 1.73. The van der Waals surface area contributed by atoms with Gasteiger partial charge < -0.3 is 20.0 Å². The van der Waals surface area contributed by atoms with Crippen molar-refractivity contribution in [2.45, 2.75) is 33.8 Å². The summed E-state index contributed by atoms with van der Waals surface area (Å²) in [6.45, 7) is 6.72. The van der Waals surface area contributed by atoms with Crippen molar-refractivity contribution in [3.8, 4) is 0 Å². The lowest BCUT2D eigenvalue weighted by Crippen LogP contribution is -3.59. The molecule has 2 nitrogen and oxygen atoms in total. The van der Waals surface area contributed by atoms with Gasteiger partial charge in [0.1, 0.15) is 9.86 Å². The number of hydrogen-bond acceptors (Lipinski definition) is 1. The number of rotatable bonds is 0. The van der Waals surface area contributed by atoms with E-state index >= 15 is 0 Å². The SMILES string of the molecule is CC(C)=[OH+].CC(C)O.CI.C[I+]C.[CH3-].[CH3-]. The van der Waals surface area contributed by atoms with Crippen LogP contribution >= 0.6 is 22.6 Å². The summed E-state index contributed by atoms with van der Waals surface area (Å²) in [7, 11) is 0. The van der Waals surface area contributed by atoms with Gasteiger partial charge in [0.15, 0.2) is 0 Å². The van der Waals surface area contributed by atoms with E-state index in [4.69, 9.17) is 9.90 Å². The molecular weight excluding hydrogens is 418 g/mol. The zero-order chi connectivity index (χ0) is 11.9. The van der Waals surface area contributed by atoms with E-state index in [9.17, 15) is 0 Å². The summed E-state index contributed by atoms with van der Waals surface area (Å²) in [6.07, 6.45) is -0.167. The van der Waals surface area contributed by atoms with Crippen LogP contribution in [0.2, 0.25) is 0 Å². The van der Waals surface area contributed by atoms with Gasteiger partial charge in [0.25, 0.3) is 27.0 Å². The van der Waals surface area contributed by atoms with Crippen LogP contribution in [0.25, 0.3) is 0 Å². The standard InChI is InChI=1S/C3H8O.C3H6O.C2H6I.CH3I.2CH3/c2*1-3(2)4;1-3-2;1-2;;/h3-4H,1-2H3;1-2H3;1-2H3;1H3;2*1H3/q;;+1;;2*-1/p+1. The van der Waals surface area contributed by atoms with Crippen molar-refractivity contribution in [2.24, 2.45) is 0 Å². The molecule has 0 aromatic heterocycles. The predicted molar refractivity (Wildman–Crippen MR) is 80.3 cm³/mol. The summed E-state index contributed by atoms with van der Waals surface area (Å²) in [5, 5.41) is 8.06. The molecule has 0 amide bonds. The van der Waals surface area contributed by atoms with Gasteiger partial charge in [0, 0.05) is 20.0 Å². The van der Waals surface area contributed by atoms with E-state index in [1.165, 1.54) is 0 Å². The number of hydrogen-bond donors (Lipinski definition) is 1. The Morgan fingerprint density at radius 1 is 1.13 bits per heavy atom. The number of carbonyl (C=O) groups excluding carboxylic acids is 1. The molecule has 0 aliphatic rings. The smallest absolute Gasteiger partial charge is 0.286 e. The van der Waals surface area contributed by atoms with E-state index < -0.39 is 0 Å². The van der Waals surface area contributed by atoms with Crippen molar-refractivity contribution in [2.75, 3.05) is 14.8 Å². The van der Waals surface area contributed by atoms with Gasteiger partial charge in [-0.2, -0.15) is 0 Å². The fraction of sp³-hybridized carbons (Fsp3) is 0.727. The van der Waals surface area contributed by atoms with Gasteiger partial charge in [-0.25, -0.2) is 0 Å². The second-order valence-electron chi connectivity index (χ2n) is 2.42. The van der Waals surface area contributed by atoms with Gasteiger partial charge in [0.05, 0.1) is 0 Å². The summed E-state index contributed by atoms with van der Waals surface area (Å²) in [5.74, 6) is 0.417. The summed E-state index contributed by atoms with van der Waals surface area (Å²) in [6, 6.07) is 0. The Labute approximate surface area is 122 Å². The van der Waals surface area contributed by atoms with E-state index in [1.54, 1.807) is 27.7 Å². The first-order chi connectivity index (χ1) is 5.88. The van der Waals surface area contributed by atoms with Crippen molar-refractivity contribution < 1.29 is 31.1 Å². The molecule has 0 atom stereocenters. The van der Waals surface area contributed by atoms with Gasteiger partial charge in [0.2, 0.25) is 0 Å². The van der Waals surface area contributed by atoms with Gasteiger partial charge in [-0.3, -0.25) is 4.79 Å². The molecule has 0 spiro atoms. The molecule has 0 heterocycles. The minimum absolute atomic E-state index is 0. The van der Waals surface area contributed by atoms with Crippen molar-refractivity contribution in [3.63, 3.8) is 0 Å². The molecule has 0 aliphatic carbocycles. The fourth-order valence-electron chi connectivity index (χ4n) is 0. The molecule has 0 radical (unpaired) electrons. The van der Waals surface area contributed by atoms with Crippen LogP contribution in [0.5, 0.6) is 0 Å². The van der Waals surface area contributed by atoms with Crippen molar-refractivity contribution >= 4 is 28.4 Å². The molecule has 0 fully saturated rings. The molecule has 100 valence electrons. The molecule has 0 aliphatic heterocycles. The van der Waals surface area contributed by atoms with E-state index in [0.29, 0.717) is 27.0 Å². The van der Waals surface area contributed by atoms with Gasteiger partial charge in [-0.15, -0.1) is 0 Å². The first-order valence-electron chi connectivity index (χ1n) is 3.77. The van der Waals surface area contributed by atoms with Crippen LogP contribution in [0.4, 0.5) is 0 Å². The molecule has 2 N–H and O–H groups in total. The van der Waals surface area contributed by atoms with Crippen LogP contribution in [0.3, 0.4) is 0 Å². The Morgan fingerprint density at radius 3 is 1.13 bits per heavy atom. The zero-order valence-corrected chi connectivity index (χ0v) is 16.0. The average Bonchev–Trinajstić information content (AvgIpc) is 1.89. The normalized spacial score (nSPS) is 5.73. The highest BCUT2D eigenvalue weighted by Crippen LogP contribution is 1.65. The molecule has 0 rings (SSSR count).